The van der Waals surface area contributed by atoms with Gasteiger partial charge in [0.15, 0.2) is 0 Å². The minimum Gasteiger partial charge on any atom is -0.457 e. The Bertz CT molecular complexity index is 884. The van der Waals surface area contributed by atoms with Crippen molar-refractivity contribution in [3.05, 3.63) is 57.8 Å². The Morgan fingerprint density at radius 2 is 1.85 bits per heavy atom. The summed E-state index contributed by atoms with van der Waals surface area (Å²) in [6, 6.07) is 11.3. The Hall–Kier alpha value is -3.40. The largest absolute Gasteiger partial charge is 0.457 e. The Labute approximate surface area is 150 Å². The van der Waals surface area contributed by atoms with E-state index >= 15 is 0 Å². The van der Waals surface area contributed by atoms with E-state index in [-0.39, 0.29) is 17.2 Å². The van der Waals surface area contributed by atoms with Crippen LogP contribution in [0.25, 0.3) is 17.4 Å². The molecule has 26 heavy (non-hydrogen) atoms. The first-order valence-corrected chi connectivity index (χ1v) is 8.34. The van der Waals surface area contributed by atoms with Gasteiger partial charge in [0.25, 0.3) is 11.6 Å². The van der Waals surface area contributed by atoms with Crippen molar-refractivity contribution >= 4 is 17.7 Å². The number of benzene rings is 1. The van der Waals surface area contributed by atoms with Gasteiger partial charge in [-0.25, -0.2) is 0 Å². The molecule has 1 aromatic heterocycles. The zero-order valence-electron chi connectivity index (χ0n) is 14.1. The molecule has 7 heteroatoms. The lowest BCUT2D eigenvalue weighted by atomic mass is 10.1. The van der Waals surface area contributed by atoms with Crippen LogP contribution in [0.3, 0.4) is 0 Å². The highest BCUT2D eigenvalue weighted by Crippen LogP contribution is 2.25. The molecular weight excluding hydrogens is 334 g/mol. The summed E-state index contributed by atoms with van der Waals surface area (Å²) < 4.78 is 5.67. The highest BCUT2D eigenvalue weighted by Gasteiger charge is 2.20. The van der Waals surface area contributed by atoms with Gasteiger partial charge in [-0.05, 0) is 43.5 Å². The highest BCUT2D eigenvalue weighted by molar-refractivity contribution is 6.01. The number of rotatable bonds is 4. The zero-order valence-corrected chi connectivity index (χ0v) is 14.1. The zero-order chi connectivity index (χ0) is 18.5. The first-order chi connectivity index (χ1) is 12.6. The number of carbonyl (C=O) groups is 1. The molecule has 7 nitrogen and oxygen atoms in total. The Morgan fingerprint density at radius 3 is 2.46 bits per heavy atom. The molecule has 0 spiro atoms. The molecule has 0 bridgehead atoms. The van der Waals surface area contributed by atoms with Crippen molar-refractivity contribution in [3.8, 4) is 17.4 Å². The Morgan fingerprint density at radius 1 is 1.15 bits per heavy atom. The maximum absolute atomic E-state index is 12.4. The third kappa shape index (κ3) is 3.81. The van der Waals surface area contributed by atoms with E-state index in [1.807, 2.05) is 6.07 Å². The second-order valence-electron chi connectivity index (χ2n) is 6.03. The average molecular weight is 351 g/mol. The predicted octanol–water partition coefficient (Wildman–Crippen LogP) is 3.77. The van der Waals surface area contributed by atoms with Gasteiger partial charge in [-0.1, -0.05) is 0 Å². The fourth-order valence-electron chi connectivity index (χ4n) is 2.88. The molecule has 0 atom stereocenters. The number of nitriles is 1. The number of nitrogens with zero attached hydrogens (tertiary/aromatic N) is 3. The molecule has 1 fully saturated rings. The number of hydrogen-bond donors (Lipinski definition) is 0. The van der Waals surface area contributed by atoms with Gasteiger partial charge in [-0.3, -0.25) is 14.9 Å². The van der Waals surface area contributed by atoms with Crippen molar-refractivity contribution in [3.63, 3.8) is 0 Å². The maximum Gasteiger partial charge on any atom is 0.269 e. The summed E-state index contributed by atoms with van der Waals surface area (Å²) in [5.74, 6) is 0.620. The number of non-ortho nitro benzene ring substituents is 1. The van der Waals surface area contributed by atoms with Gasteiger partial charge >= 0.3 is 0 Å². The smallest absolute Gasteiger partial charge is 0.269 e. The molecule has 2 heterocycles. The first kappa shape index (κ1) is 17.4. The molecule has 1 aliphatic rings. The summed E-state index contributed by atoms with van der Waals surface area (Å²) >= 11 is 0. The van der Waals surface area contributed by atoms with Gasteiger partial charge in [-0.15, -0.1) is 0 Å². The normalized spacial score (nSPS) is 14.7. The number of likely N-dealkylation sites (tertiary alicyclic amines) is 1. The molecule has 1 aromatic carbocycles. The monoisotopic (exact) mass is 351 g/mol. The molecule has 1 amide bonds. The van der Waals surface area contributed by atoms with E-state index in [9.17, 15) is 20.2 Å². The van der Waals surface area contributed by atoms with Crippen molar-refractivity contribution in [1.82, 2.24) is 4.90 Å². The third-order valence-electron chi connectivity index (χ3n) is 4.27. The summed E-state index contributed by atoms with van der Waals surface area (Å²) in [6.07, 6.45) is 4.45. The van der Waals surface area contributed by atoms with Gasteiger partial charge in [0.2, 0.25) is 0 Å². The van der Waals surface area contributed by atoms with Crippen LogP contribution in [-0.2, 0) is 4.79 Å². The number of hydrogen-bond acceptors (Lipinski definition) is 5. The SMILES string of the molecule is N#CC(=Cc1ccc(-c2ccc([N+](=O)[O-])cc2)o1)C(=O)N1CCCCC1. The van der Waals surface area contributed by atoms with Gasteiger partial charge in [0.1, 0.15) is 23.2 Å². The van der Waals surface area contributed by atoms with Crippen molar-refractivity contribution in [2.45, 2.75) is 19.3 Å². The van der Waals surface area contributed by atoms with Gasteiger partial charge in [0, 0.05) is 36.9 Å². The van der Waals surface area contributed by atoms with Crippen LogP contribution < -0.4 is 0 Å². The number of piperidine rings is 1. The van der Waals surface area contributed by atoms with Crippen LogP contribution in [0.2, 0.25) is 0 Å². The summed E-state index contributed by atoms with van der Waals surface area (Å²) in [4.78, 5) is 24.4. The number of amides is 1. The standard InChI is InChI=1S/C19H17N3O4/c20-13-15(19(23)21-10-2-1-3-11-21)12-17-8-9-18(26-17)14-4-6-16(7-5-14)22(24)25/h4-9,12H,1-3,10-11H2. The highest BCUT2D eigenvalue weighted by atomic mass is 16.6. The summed E-state index contributed by atoms with van der Waals surface area (Å²) in [7, 11) is 0. The molecule has 1 aliphatic heterocycles. The quantitative estimate of drug-likeness (QED) is 0.361. The van der Waals surface area contributed by atoms with Crippen molar-refractivity contribution < 1.29 is 14.1 Å². The Kier molecular flexibility index (Phi) is 5.13. The molecular formula is C19H17N3O4. The third-order valence-corrected chi connectivity index (χ3v) is 4.27. The Balaban J connectivity index is 1.79. The van der Waals surface area contributed by atoms with Gasteiger partial charge in [0.05, 0.1) is 4.92 Å². The second-order valence-corrected chi connectivity index (χ2v) is 6.03. The molecule has 0 N–H and O–H groups in total. The number of nitro groups is 1. The second kappa shape index (κ2) is 7.66. The summed E-state index contributed by atoms with van der Waals surface area (Å²) in [6.45, 7) is 1.34. The van der Waals surface area contributed by atoms with Crippen molar-refractivity contribution in [1.29, 1.82) is 5.26 Å². The number of carbonyl (C=O) groups excluding carboxylic acids is 1. The predicted molar refractivity (Wildman–Crippen MR) is 94.8 cm³/mol. The van der Waals surface area contributed by atoms with E-state index < -0.39 is 4.92 Å². The fraction of sp³-hybridized carbons (Fsp3) is 0.263. The van der Waals surface area contributed by atoms with Crippen LogP contribution in [0, 0.1) is 21.4 Å². The molecule has 0 radical (unpaired) electrons. The van der Waals surface area contributed by atoms with Crippen LogP contribution in [0.1, 0.15) is 25.0 Å². The summed E-state index contributed by atoms with van der Waals surface area (Å²) in [5.41, 5.74) is 0.715. The van der Waals surface area contributed by atoms with E-state index in [0.717, 1.165) is 19.3 Å². The van der Waals surface area contributed by atoms with E-state index in [0.29, 0.717) is 30.2 Å². The molecule has 0 unspecified atom stereocenters. The molecule has 0 saturated carbocycles. The first-order valence-electron chi connectivity index (χ1n) is 8.34. The maximum atomic E-state index is 12.4. The van der Waals surface area contributed by atoms with E-state index in [1.54, 1.807) is 29.2 Å². The molecule has 3 rings (SSSR count). The topological polar surface area (TPSA) is 100 Å². The van der Waals surface area contributed by atoms with Crippen LogP contribution in [0.5, 0.6) is 0 Å². The average Bonchev–Trinajstić information content (AvgIpc) is 3.15. The van der Waals surface area contributed by atoms with Crippen molar-refractivity contribution in [2.75, 3.05) is 13.1 Å². The lowest BCUT2D eigenvalue weighted by Gasteiger charge is -2.26. The van der Waals surface area contributed by atoms with Crippen molar-refractivity contribution in [2.24, 2.45) is 0 Å². The molecule has 2 aromatic rings. The minimum atomic E-state index is -0.467. The van der Waals surface area contributed by atoms with Gasteiger partial charge < -0.3 is 9.32 Å². The van der Waals surface area contributed by atoms with Crippen LogP contribution >= 0.6 is 0 Å². The molecule has 132 valence electrons. The van der Waals surface area contributed by atoms with E-state index in [1.165, 1.54) is 18.2 Å². The molecule has 0 aliphatic carbocycles. The number of furan rings is 1. The molecule has 1 saturated heterocycles. The lowest BCUT2D eigenvalue weighted by molar-refractivity contribution is -0.384. The summed E-state index contributed by atoms with van der Waals surface area (Å²) in [5, 5.41) is 20.0. The van der Waals surface area contributed by atoms with Crippen LogP contribution in [0.15, 0.2) is 46.4 Å². The van der Waals surface area contributed by atoms with Crippen LogP contribution in [-0.4, -0.2) is 28.8 Å². The van der Waals surface area contributed by atoms with Crippen LogP contribution in [0.4, 0.5) is 5.69 Å². The minimum absolute atomic E-state index is 0.000629. The van der Waals surface area contributed by atoms with Gasteiger partial charge in [-0.2, -0.15) is 5.26 Å². The lowest BCUT2D eigenvalue weighted by Crippen LogP contribution is -2.36. The number of nitro benzene ring substituents is 1. The van der Waals surface area contributed by atoms with E-state index in [2.05, 4.69) is 0 Å². The fourth-order valence-corrected chi connectivity index (χ4v) is 2.88. The van der Waals surface area contributed by atoms with E-state index in [4.69, 9.17) is 4.42 Å².